The van der Waals surface area contributed by atoms with Gasteiger partial charge in [-0.15, -0.1) is 0 Å². The van der Waals surface area contributed by atoms with Gasteiger partial charge in [-0.1, -0.05) is 0 Å². The monoisotopic (exact) mass is 235 g/mol. The number of rotatable bonds is 2. The van der Waals surface area contributed by atoms with Gasteiger partial charge in [-0.2, -0.15) is 0 Å². The van der Waals surface area contributed by atoms with Crippen LogP contribution in [-0.4, -0.2) is 36.1 Å². The van der Waals surface area contributed by atoms with E-state index in [1.807, 2.05) is 0 Å². The van der Waals surface area contributed by atoms with Gasteiger partial charge in [0.15, 0.2) is 0 Å². The summed E-state index contributed by atoms with van der Waals surface area (Å²) in [6.07, 6.45) is -2.17. The molecule has 1 saturated heterocycles. The zero-order valence-electron chi connectivity index (χ0n) is 10.0. The molecule has 1 fully saturated rings. The number of ether oxygens (including phenoxy) is 1. The van der Waals surface area contributed by atoms with Crippen molar-refractivity contribution in [2.24, 2.45) is 5.92 Å². The molecule has 1 amide bonds. The van der Waals surface area contributed by atoms with Crippen LogP contribution >= 0.6 is 0 Å². The van der Waals surface area contributed by atoms with Crippen molar-refractivity contribution in [2.75, 3.05) is 13.1 Å². The molecule has 1 aliphatic heterocycles. The Morgan fingerprint density at radius 2 is 2.12 bits per heavy atom. The second kappa shape index (κ2) is 4.97. The summed E-state index contributed by atoms with van der Waals surface area (Å²) in [6, 6.07) is 0. The molecule has 0 bridgehead atoms. The molecule has 94 valence electrons. The highest BCUT2D eigenvalue weighted by molar-refractivity contribution is 5.68. The first-order valence-corrected chi connectivity index (χ1v) is 5.54. The summed E-state index contributed by atoms with van der Waals surface area (Å²) in [4.78, 5) is 13.1. The van der Waals surface area contributed by atoms with Gasteiger partial charge in [0.05, 0.1) is 0 Å². The molecule has 1 atom stereocenters. The lowest BCUT2D eigenvalue weighted by Crippen LogP contribution is -2.35. The van der Waals surface area contributed by atoms with Gasteiger partial charge in [0.25, 0.3) is 0 Å². The number of nitrogens with zero attached hydrogens (tertiary/aromatic N) is 1. The van der Waals surface area contributed by atoms with E-state index in [1.165, 1.54) is 4.90 Å². The Hall–Kier alpha value is -0.870. The Kier molecular flexibility index (Phi) is 4.10. The number of carbonyl (C=O) groups excluding carboxylic acids is 1. The number of hydrogen-bond acceptors (Lipinski definition) is 2. The van der Waals surface area contributed by atoms with Gasteiger partial charge in [-0.25, -0.2) is 13.6 Å². The molecule has 0 aromatic heterocycles. The highest BCUT2D eigenvalue weighted by Gasteiger charge is 2.30. The van der Waals surface area contributed by atoms with Crippen molar-refractivity contribution in [1.29, 1.82) is 0 Å². The summed E-state index contributed by atoms with van der Waals surface area (Å²) in [7, 11) is 0. The molecule has 0 aromatic carbocycles. The molecule has 0 unspecified atom stereocenters. The van der Waals surface area contributed by atoms with Crippen LogP contribution in [0.4, 0.5) is 13.6 Å². The summed E-state index contributed by atoms with van der Waals surface area (Å²) in [6.45, 7) is 6.28. The van der Waals surface area contributed by atoms with E-state index in [0.29, 0.717) is 19.5 Å². The van der Waals surface area contributed by atoms with Crippen LogP contribution in [0.25, 0.3) is 0 Å². The molecule has 0 N–H and O–H groups in total. The number of hydrogen-bond donors (Lipinski definition) is 0. The molecular formula is C11H19F2NO2. The lowest BCUT2D eigenvalue weighted by Gasteiger charge is -2.24. The highest BCUT2D eigenvalue weighted by Crippen LogP contribution is 2.24. The maximum Gasteiger partial charge on any atom is 0.410 e. The second-order valence-electron chi connectivity index (χ2n) is 5.21. The van der Waals surface area contributed by atoms with E-state index in [4.69, 9.17) is 4.74 Å². The molecule has 5 heteroatoms. The SMILES string of the molecule is CC(C)(C)OC(=O)N1CC[C@H](CC(F)F)C1. The van der Waals surface area contributed by atoms with Crippen LogP contribution < -0.4 is 0 Å². The van der Waals surface area contributed by atoms with Crippen molar-refractivity contribution in [1.82, 2.24) is 4.90 Å². The molecule has 0 aromatic rings. The van der Waals surface area contributed by atoms with E-state index >= 15 is 0 Å². The zero-order chi connectivity index (χ0) is 12.3. The van der Waals surface area contributed by atoms with Crippen LogP contribution in [0.3, 0.4) is 0 Å². The summed E-state index contributed by atoms with van der Waals surface area (Å²) < 4.78 is 29.5. The predicted octanol–water partition coefficient (Wildman–Crippen LogP) is 2.90. The minimum atomic E-state index is -2.29. The van der Waals surface area contributed by atoms with Crippen molar-refractivity contribution in [3.8, 4) is 0 Å². The largest absolute Gasteiger partial charge is 0.444 e. The number of likely N-dealkylation sites (tertiary alicyclic amines) is 1. The quantitative estimate of drug-likeness (QED) is 0.736. The minimum absolute atomic E-state index is 0.0903. The summed E-state index contributed by atoms with van der Waals surface area (Å²) in [5.41, 5.74) is -0.530. The predicted molar refractivity (Wildman–Crippen MR) is 56.5 cm³/mol. The number of amides is 1. The topological polar surface area (TPSA) is 29.5 Å². The smallest absolute Gasteiger partial charge is 0.410 e. The minimum Gasteiger partial charge on any atom is -0.444 e. The van der Waals surface area contributed by atoms with Crippen LogP contribution in [0.1, 0.15) is 33.6 Å². The molecule has 0 saturated carbocycles. The fourth-order valence-corrected chi connectivity index (χ4v) is 1.77. The number of carbonyl (C=O) groups is 1. The second-order valence-corrected chi connectivity index (χ2v) is 5.21. The summed E-state index contributed by atoms with van der Waals surface area (Å²) in [5, 5.41) is 0. The van der Waals surface area contributed by atoms with Crippen molar-refractivity contribution in [2.45, 2.75) is 45.6 Å². The third kappa shape index (κ3) is 4.33. The molecule has 0 radical (unpaired) electrons. The lowest BCUT2D eigenvalue weighted by atomic mass is 10.1. The molecule has 1 heterocycles. The van der Waals surface area contributed by atoms with E-state index in [0.717, 1.165) is 0 Å². The van der Waals surface area contributed by atoms with Crippen LogP contribution in [0.2, 0.25) is 0 Å². The van der Waals surface area contributed by atoms with E-state index in [9.17, 15) is 13.6 Å². The number of halogens is 2. The Balaban J connectivity index is 2.38. The fourth-order valence-electron chi connectivity index (χ4n) is 1.77. The van der Waals surface area contributed by atoms with Crippen molar-refractivity contribution in [3.63, 3.8) is 0 Å². The van der Waals surface area contributed by atoms with Gasteiger partial charge >= 0.3 is 6.09 Å². The van der Waals surface area contributed by atoms with E-state index in [1.54, 1.807) is 20.8 Å². The molecule has 3 nitrogen and oxygen atoms in total. The first-order valence-electron chi connectivity index (χ1n) is 5.54. The normalized spacial score (nSPS) is 21.6. The van der Waals surface area contributed by atoms with Crippen LogP contribution in [0.5, 0.6) is 0 Å². The van der Waals surface area contributed by atoms with Gasteiger partial charge in [0.2, 0.25) is 6.43 Å². The average Bonchev–Trinajstić information content (AvgIpc) is 2.48. The maximum absolute atomic E-state index is 12.2. The molecule has 1 aliphatic rings. The van der Waals surface area contributed by atoms with E-state index < -0.39 is 18.1 Å². The van der Waals surface area contributed by atoms with E-state index in [-0.39, 0.29) is 12.3 Å². The van der Waals surface area contributed by atoms with Crippen LogP contribution in [0.15, 0.2) is 0 Å². The Morgan fingerprint density at radius 1 is 1.50 bits per heavy atom. The Bertz CT molecular complexity index is 251. The van der Waals surface area contributed by atoms with Gasteiger partial charge in [0, 0.05) is 19.5 Å². The van der Waals surface area contributed by atoms with E-state index in [2.05, 4.69) is 0 Å². The van der Waals surface area contributed by atoms with Crippen molar-refractivity contribution < 1.29 is 18.3 Å². The standard InChI is InChI=1S/C11H19F2NO2/c1-11(2,3)16-10(15)14-5-4-8(7-14)6-9(12)13/h8-9H,4-7H2,1-3H3/t8-/m1/s1. The third-order valence-electron chi connectivity index (χ3n) is 2.45. The highest BCUT2D eigenvalue weighted by atomic mass is 19.3. The Labute approximate surface area is 94.7 Å². The van der Waals surface area contributed by atoms with Crippen LogP contribution in [-0.2, 0) is 4.74 Å². The molecule has 16 heavy (non-hydrogen) atoms. The average molecular weight is 235 g/mol. The Morgan fingerprint density at radius 3 is 2.62 bits per heavy atom. The molecule has 0 aliphatic carbocycles. The first kappa shape index (κ1) is 13.2. The third-order valence-corrected chi connectivity index (χ3v) is 2.45. The molecule has 1 rings (SSSR count). The van der Waals surface area contributed by atoms with Gasteiger partial charge in [0.1, 0.15) is 5.60 Å². The fraction of sp³-hybridized carbons (Fsp3) is 0.909. The molecule has 0 spiro atoms. The zero-order valence-corrected chi connectivity index (χ0v) is 10.0. The molecular weight excluding hydrogens is 216 g/mol. The van der Waals surface area contributed by atoms with Crippen LogP contribution in [0, 0.1) is 5.92 Å². The lowest BCUT2D eigenvalue weighted by molar-refractivity contribution is 0.0279. The summed E-state index contributed by atoms with van der Waals surface area (Å²) >= 11 is 0. The van der Waals surface area contributed by atoms with Crippen molar-refractivity contribution in [3.05, 3.63) is 0 Å². The van der Waals surface area contributed by atoms with Gasteiger partial charge in [-0.3, -0.25) is 0 Å². The van der Waals surface area contributed by atoms with Crippen molar-refractivity contribution >= 4 is 6.09 Å². The first-order chi connectivity index (χ1) is 7.28. The summed E-state index contributed by atoms with van der Waals surface area (Å²) in [5.74, 6) is -0.0903. The van der Waals surface area contributed by atoms with Gasteiger partial charge < -0.3 is 9.64 Å². The van der Waals surface area contributed by atoms with Gasteiger partial charge in [-0.05, 0) is 33.1 Å². The number of alkyl halides is 2. The maximum atomic E-state index is 12.2.